The average molecular weight is 423 g/mol. The summed E-state index contributed by atoms with van der Waals surface area (Å²) in [6.45, 7) is 11.4. The Bertz CT molecular complexity index is 780. The number of rotatable bonds is 6. The summed E-state index contributed by atoms with van der Waals surface area (Å²) in [5.41, 5.74) is 1.08. The van der Waals surface area contributed by atoms with Crippen molar-refractivity contribution in [1.29, 1.82) is 0 Å². The first kappa shape index (κ1) is 22.1. The van der Waals surface area contributed by atoms with Gasteiger partial charge >= 0.3 is 0 Å². The Labute approximate surface area is 187 Å². The predicted octanol–water partition coefficient (Wildman–Crippen LogP) is 3.05. The van der Waals surface area contributed by atoms with Crippen molar-refractivity contribution in [1.82, 2.24) is 20.0 Å². The fourth-order valence-electron chi connectivity index (χ4n) is 5.12. The van der Waals surface area contributed by atoms with Gasteiger partial charge in [-0.3, -0.25) is 9.69 Å². The van der Waals surface area contributed by atoms with Crippen LogP contribution in [0.25, 0.3) is 0 Å². The first-order valence-corrected chi connectivity index (χ1v) is 12.0. The van der Waals surface area contributed by atoms with E-state index in [2.05, 4.69) is 39.9 Å². The van der Waals surface area contributed by atoms with Crippen LogP contribution in [-0.4, -0.2) is 77.9 Å². The van der Waals surface area contributed by atoms with E-state index in [9.17, 15) is 4.79 Å². The van der Waals surface area contributed by atoms with Crippen LogP contribution in [0.2, 0.25) is 0 Å². The highest BCUT2D eigenvalue weighted by molar-refractivity contribution is 5.88. The molecular weight excluding hydrogens is 384 g/mol. The van der Waals surface area contributed by atoms with Crippen molar-refractivity contribution in [3.63, 3.8) is 0 Å². The maximum atomic E-state index is 12.8. The van der Waals surface area contributed by atoms with Gasteiger partial charge in [0.1, 0.15) is 11.9 Å². The van der Waals surface area contributed by atoms with Crippen molar-refractivity contribution in [2.24, 2.45) is 0 Å². The molecule has 168 valence electrons. The maximum Gasteiger partial charge on any atom is 0.163 e. The molecule has 1 atom stereocenters. The van der Waals surface area contributed by atoms with Gasteiger partial charge in [-0.1, -0.05) is 42.5 Å². The van der Waals surface area contributed by atoms with E-state index in [0.717, 1.165) is 37.1 Å². The number of dihydropyridines is 1. The molecule has 1 unspecified atom stereocenters. The molecule has 0 amide bonds. The molecular formula is C26H38N4O. The number of nitrogens with zero attached hydrogens (tertiary/aromatic N) is 3. The summed E-state index contributed by atoms with van der Waals surface area (Å²) in [6, 6.07) is 11.2. The number of carbonyl (C=O) groups is 1. The third-order valence-electron chi connectivity index (χ3n) is 7.05. The van der Waals surface area contributed by atoms with E-state index >= 15 is 0 Å². The van der Waals surface area contributed by atoms with Crippen molar-refractivity contribution >= 4 is 5.78 Å². The van der Waals surface area contributed by atoms with Crippen LogP contribution >= 0.6 is 0 Å². The monoisotopic (exact) mass is 422 g/mol. The van der Waals surface area contributed by atoms with Crippen LogP contribution in [0.15, 0.2) is 54.4 Å². The second-order valence-corrected chi connectivity index (χ2v) is 9.42. The highest BCUT2D eigenvalue weighted by atomic mass is 16.1. The summed E-state index contributed by atoms with van der Waals surface area (Å²) in [7, 11) is 0. The molecule has 2 fully saturated rings. The Hall–Kier alpha value is -2.11. The highest BCUT2D eigenvalue weighted by Gasteiger charge is 2.28. The van der Waals surface area contributed by atoms with Crippen molar-refractivity contribution in [2.45, 2.75) is 57.7 Å². The van der Waals surface area contributed by atoms with Crippen molar-refractivity contribution in [3.8, 4) is 0 Å². The van der Waals surface area contributed by atoms with Gasteiger partial charge in [-0.2, -0.15) is 0 Å². The lowest BCUT2D eigenvalue weighted by Crippen LogP contribution is -2.48. The van der Waals surface area contributed by atoms with Crippen molar-refractivity contribution in [2.75, 3.05) is 39.3 Å². The fraction of sp³-hybridized carbons (Fsp3) is 0.577. The van der Waals surface area contributed by atoms with Crippen LogP contribution in [0.3, 0.4) is 0 Å². The SMILES string of the molecule is CC(C)N1CCC(N2CCCN(C3=CC=CC(C(=O)Cc4ccccc4)N3)CC2)CC1. The topological polar surface area (TPSA) is 38.8 Å². The van der Waals surface area contributed by atoms with E-state index in [4.69, 9.17) is 0 Å². The third kappa shape index (κ3) is 5.78. The molecule has 0 radical (unpaired) electrons. The first-order valence-electron chi connectivity index (χ1n) is 12.0. The lowest BCUT2D eigenvalue weighted by atomic mass is 10.0. The minimum absolute atomic E-state index is 0.224. The quantitative estimate of drug-likeness (QED) is 0.763. The molecule has 4 rings (SSSR count). The maximum absolute atomic E-state index is 12.8. The Morgan fingerprint density at radius 2 is 1.81 bits per heavy atom. The molecule has 3 aliphatic heterocycles. The second kappa shape index (κ2) is 10.5. The summed E-state index contributed by atoms with van der Waals surface area (Å²) >= 11 is 0. The zero-order chi connectivity index (χ0) is 21.6. The number of hydrogen-bond acceptors (Lipinski definition) is 5. The Morgan fingerprint density at radius 3 is 2.55 bits per heavy atom. The number of carbonyl (C=O) groups excluding carboxylic acids is 1. The van der Waals surface area contributed by atoms with Gasteiger partial charge in [-0.25, -0.2) is 0 Å². The first-order chi connectivity index (χ1) is 15.1. The average Bonchev–Trinajstić information content (AvgIpc) is 3.06. The summed E-state index contributed by atoms with van der Waals surface area (Å²) in [5.74, 6) is 1.33. The van der Waals surface area contributed by atoms with Gasteiger partial charge in [0.25, 0.3) is 0 Å². The van der Waals surface area contributed by atoms with E-state index in [0.29, 0.717) is 12.5 Å². The van der Waals surface area contributed by atoms with Crippen LogP contribution < -0.4 is 5.32 Å². The zero-order valence-corrected chi connectivity index (χ0v) is 19.2. The number of nitrogens with one attached hydrogen (secondary N) is 1. The summed E-state index contributed by atoms with van der Waals surface area (Å²) in [4.78, 5) is 20.6. The van der Waals surface area contributed by atoms with Crippen molar-refractivity contribution < 1.29 is 4.79 Å². The minimum Gasteiger partial charge on any atom is -0.359 e. The van der Waals surface area contributed by atoms with E-state index in [-0.39, 0.29) is 11.8 Å². The second-order valence-electron chi connectivity index (χ2n) is 9.42. The number of allylic oxidation sites excluding steroid dienone is 2. The number of piperidine rings is 1. The van der Waals surface area contributed by atoms with E-state index < -0.39 is 0 Å². The normalized spacial score (nSPS) is 24.0. The largest absolute Gasteiger partial charge is 0.359 e. The van der Waals surface area contributed by atoms with Crippen molar-refractivity contribution in [3.05, 3.63) is 59.9 Å². The zero-order valence-electron chi connectivity index (χ0n) is 19.2. The van der Waals surface area contributed by atoms with Crippen LogP contribution in [0.4, 0.5) is 0 Å². The number of ketones is 1. The molecule has 5 heteroatoms. The van der Waals surface area contributed by atoms with Gasteiger partial charge in [-0.15, -0.1) is 0 Å². The van der Waals surface area contributed by atoms with Gasteiger partial charge in [0.05, 0.1) is 0 Å². The molecule has 3 heterocycles. The Kier molecular flexibility index (Phi) is 7.46. The van der Waals surface area contributed by atoms with Crippen LogP contribution in [-0.2, 0) is 11.2 Å². The summed E-state index contributed by atoms with van der Waals surface area (Å²) in [5, 5.41) is 3.51. The lowest BCUT2D eigenvalue weighted by molar-refractivity contribution is -0.119. The number of benzene rings is 1. The van der Waals surface area contributed by atoms with Gasteiger partial charge in [0.2, 0.25) is 0 Å². The van der Waals surface area contributed by atoms with E-state index in [1.165, 1.54) is 38.9 Å². The predicted molar refractivity (Wildman–Crippen MR) is 127 cm³/mol. The van der Waals surface area contributed by atoms with Crippen LogP contribution in [0, 0.1) is 0 Å². The van der Waals surface area contributed by atoms with Gasteiger partial charge in [0, 0.05) is 44.7 Å². The number of likely N-dealkylation sites (tertiary alicyclic amines) is 1. The van der Waals surface area contributed by atoms with Crippen LogP contribution in [0.5, 0.6) is 0 Å². The van der Waals surface area contributed by atoms with Gasteiger partial charge in [-0.05, 0) is 57.8 Å². The molecule has 0 saturated carbocycles. The van der Waals surface area contributed by atoms with E-state index in [1.54, 1.807) is 0 Å². The van der Waals surface area contributed by atoms with Crippen LogP contribution in [0.1, 0.15) is 38.7 Å². The molecule has 31 heavy (non-hydrogen) atoms. The highest BCUT2D eigenvalue weighted by Crippen LogP contribution is 2.21. The van der Waals surface area contributed by atoms with Gasteiger partial charge in [0.15, 0.2) is 5.78 Å². The fourth-order valence-corrected chi connectivity index (χ4v) is 5.12. The Morgan fingerprint density at radius 1 is 1.03 bits per heavy atom. The molecule has 0 aliphatic carbocycles. The standard InChI is InChI=1S/C26H38N4O/c1-21(2)28-16-12-23(13-17-28)29-14-7-15-30(19-18-29)26-11-6-10-24(27-26)25(31)20-22-8-4-3-5-9-22/h3-6,8-11,21,23-24,27H,7,12-20H2,1-2H3. The smallest absolute Gasteiger partial charge is 0.163 e. The van der Waals surface area contributed by atoms with E-state index in [1.807, 2.05) is 42.5 Å². The summed E-state index contributed by atoms with van der Waals surface area (Å²) < 4.78 is 0. The number of hydrogen-bond donors (Lipinski definition) is 1. The molecule has 0 aromatic heterocycles. The molecule has 5 nitrogen and oxygen atoms in total. The minimum atomic E-state index is -0.236. The molecule has 3 aliphatic rings. The van der Waals surface area contributed by atoms with Gasteiger partial charge < -0.3 is 15.1 Å². The lowest BCUT2D eigenvalue weighted by Gasteiger charge is -2.39. The molecule has 1 aromatic rings. The summed E-state index contributed by atoms with van der Waals surface area (Å²) in [6.07, 6.45) is 10.4. The molecule has 0 spiro atoms. The molecule has 0 bridgehead atoms. The Balaban J connectivity index is 1.29. The molecule has 1 N–H and O–H groups in total. The number of Topliss-reactive ketones (excluding diaryl/α,β-unsaturated/α-hetero) is 1. The third-order valence-corrected chi connectivity index (χ3v) is 7.05. The molecule has 1 aromatic carbocycles. The molecule has 2 saturated heterocycles.